The van der Waals surface area contributed by atoms with Crippen LogP contribution in [0, 0.1) is 12.7 Å². The van der Waals surface area contributed by atoms with Gasteiger partial charge in [0.1, 0.15) is 41.9 Å². The lowest BCUT2D eigenvalue weighted by Crippen LogP contribution is -2.50. The van der Waals surface area contributed by atoms with Crippen molar-refractivity contribution in [2.45, 2.75) is 63.8 Å². The Morgan fingerprint density at radius 3 is 1.80 bits per heavy atom. The molecule has 2 aliphatic heterocycles. The van der Waals surface area contributed by atoms with E-state index < -0.39 is 22.9 Å². The molecule has 0 saturated carbocycles. The Balaban J connectivity index is 0.000000212. The Kier molecular flexibility index (Phi) is 16.3. The van der Waals surface area contributed by atoms with Crippen LogP contribution >= 0.6 is 23.2 Å². The van der Waals surface area contributed by atoms with Crippen LogP contribution in [0.4, 0.5) is 17.6 Å². The fraction of sp³-hybridized carbons (Fsp3) is 0.429. The first-order valence-corrected chi connectivity index (χ1v) is 18.9. The lowest BCUT2D eigenvalue weighted by atomic mass is 9.94. The molecule has 2 heterocycles. The largest absolute Gasteiger partial charge is 0.491 e. The highest BCUT2D eigenvalue weighted by Crippen LogP contribution is 2.34. The summed E-state index contributed by atoms with van der Waals surface area (Å²) in [6.45, 7) is 11.5. The first kappa shape index (κ1) is 43.2. The van der Waals surface area contributed by atoms with Crippen molar-refractivity contribution in [3.05, 3.63) is 124 Å². The van der Waals surface area contributed by atoms with E-state index >= 15 is 0 Å². The van der Waals surface area contributed by atoms with Crippen molar-refractivity contribution >= 4 is 23.2 Å². The third-order valence-electron chi connectivity index (χ3n) is 9.00. The number of piperidine rings is 2. The quantitative estimate of drug-likeness (QED) is 0.161. The summed E-state index contributed by atoms with van der Waals surface area (Å²) in [5.74, 6) is 1.45. The molecule has 2 unspecified atom stereocenters. The molecule has 6 rings (SSSR count). The van der Waals surface area contributed by atoms with Crippen LogP contribution in [0.5, 0.6) is 17.2 Å². The fourth-order valence-electron chi connectivity index (χ4n) is 6.42. The number of nitrogens with zero attached hydrogens (tertiary/aromatic N) is 2. The number of ether oxygens (including phenoxy) is 3. The molecule has 0 radical (unpaired) electrons. The molecule has 1 N–H and O–H groups in total. The normalized spacial score (nSPS) is 20.5. The summed E-state index contributed by atoms with van der Waals surface area (Å²) >= 11 is 12.1. The summed E-state index contributed by atoms with van der Waals surface area (Å²) in [6, 6.07) is 26.3. The van der Waals surface area contributed by atoms with Gasteiger partial charge in [-0.2, -0.15) is 13.2 Å². The Bertz CT molecular complexity index is 1730. The standard InChI is InChI=1S/C21H23ClF3NO2.C14H20ClNO2.C7H7F/c1-20(28-17-7-4-6-16(14-17)21(23,24)25)10-5-11-26(15-20)12-13-27-19-9-3-2-8-18(19)22;1-14(17)7-4-8-16(11-14)9-10-18-13-6-3-2-5-12(13)15;1-6-3-2-4-7(8)5-6/h2-4,6-9,14H,5,10-13,15H2,1H3;2-3,5-6,17H,4,7-11H2,1H3;2-5H,1H3. The van der Waals surface area contributed by atoms with Crippen LogP contribution in [-0.2, 0) is 6.18 Å². The number of likely N-dealkylation sites (tertiary alicyclic amines) is 2. The van der Waals surface area contributed by atoms with Crippen LogP contribution < -0.4 is 14.2 Å². The Morgan fingerprint density at radius 1 is 0.722 bits per heavy atom. The number of rotatable bonds is 10. The highest BCUT2D eigenvalue weighted by atomic mass is 35.5. The minimum Gasteiger partial charge on any atom is -0.491 e. The molecule has 0 aromatic heterocycles. The lowest BCUT2D eigenvalue weighted by Gasteiger charge is -2.40. The maximum Gasteiger partial charge on any atom is 0.416 e. The molecule has 12 heteroatoms. The zero-order valence-electron chi connectivity index (χ0n) is 31.1. The minimum atomic E-state index is -4.38. The third-order valence-corrected chi connectivity index (χ3v) is 9.63. The van der Waals surface area contributed by atoms with E-state index in [1.165, 1.54) is 18.2 Å². The number of aliphatic hydroxyl groups is 1. The predicted molar refractivity (Wildman–Crippen MR) is 207 cm³/mol. The minimum absolute atomic E-state index is 0.162. The van der Waals surface area contributed by atoms with E-state index in [1.54, 1.807) is 18.2 Å². The van der Waals surface area contributed by atoms with Gasteiger partial charge in [0.05, 0.1) is 21.2 Å². The molecular weight excluding hydrogens is 743 g/mol. The fourth-order valence-corrected chi connectivity index (χ4v) is 6.80. The third kappa shape index (κ3) is 14.9. The molecule has 2 aliphatic rings. The molecule has 2 atom stereocenters. The molecule has 2 saturated heterocycles. The second-order valence-corrected chi connectivity index (χ2v) is 15.0. The Hall–Kier alpha value is -3.54. The van der Waals surface area contributed by atoms with Crippen LogP contribution in [-0.4, -0.2) is 78.6 Å². The second-order valence-electron chi connectivity index (χ2n) is 14.2. The summed E-state index contributed by atoms with van der Waals surface area (Å²) in [7, 11) is 0. The summed E-state index contributed by atoms with van der Waals surface area (Å²) in [5, 5.41) is 11.2. The van der Waals surface area contributed by atoms with Gasteiger partial charge in [0.15, 0.2) is 0 Å². The van der Waals surface area contributed by atoms with Gasteiger partial charge in [-0.25, -0.2) is 4.39 Å². The van der Waals surface area contributed by atoms with Gasteiger partial charge in [0.2, 0.25) is 0 Å². The van der Waals surface area contributed by atoms with E-state index in [4.69, 9.17) is 37.4 Å². The molecular formula is C42H50Cl2F4N2O4. The molecule has 54 heavy (non-hydrogen) atoms. The topological polar surface area (TPSA) is 54.4 Å². The molecule has 6 nitrogen and oxygen atoms in total. The highest BCUT2D eigenvalue weighted by molar-refractivity contribution is 6.32. The number of alkyl halides is 3. The number of β-amino-alcohol motifs (C(OH)–C–C–N with tert-alkyl or cyclic N) is 1. The molecule has 0 bridgehead atoms. The molecule has 4 aromatic rings. The molecule has 0 aliphatic carbocycles. The van der Waals surface area contributed by atoms with E-state index in [-0.39, 0.29) is 11.6 Å². The van der Waals surface area contributed by atoms with E-state index in [2.05, 4.69) is 9.80 Å². The predicted octanol–water partition coefficient (Wildman–Crippen LogP) is 10.4. The van der Waals surface area contributed by atoms with Gasteiger partial charge in [-0.05, 0) is 120 Å². The monoisotopic (exact) mass is 792 g/mol. The summed E-state index contributed by atoms with van der Waals surface area (Å²) in [4.78, 5) is 4.44. The summed E-state index contributed by atoms with van der Waals surface area (Å²) in [6.07, 6.45) is -0.768. The van der Waals surface area contributed by atoms with E-state index in [9.17, 15) is 22.7 Å². The summed E-state index contributed by atoms with van der Waals surface area (Å²) in [5.41, 5.74) is -0.838. The maximum absolute atomic E-state index is 12.9. The second kappa shape index (κ2) is 20.4. The van der Waals surface area contributed by atoms with Crippen molar-refractivity contribution < 1.29 is 36.9 Å². The van der Waals surface area contributed by atoms with Crippen molar-refractivity contribution in [3.63, 3.8) is 0 Å². The summed E-state index contributed by atoms with van der Waals surface area (Å²) < 4.78 is 68.3. The van der Waals surface area contributed by atoms with Crippen LogP contribution in [0.15, 0.2) is 97.1 Å². The van der Waals surface area contributed by atoms with Gasteiger partial charge in [-0.1, -0.05) is 65.7 Å². The van der Waals surface area contributed by atoms with E-state index in [0.29, 0.717) is 42.1 Å². The van der Waals surface area contributed by atoms with Crippen molar-refractivity contribution in [1.82, 2.24) is 9.80 Å². The average molecular weight is 794 g/mol. The van der Waals surface area contributed by atoms with Gasteiger partial charge in [-0.3, -0.25) is 9.80 Å². The Morgan fingerprint density at radius 2 is 1.28 bits per heavy atom. The number of hydrogen-bond donors (Lipinski definition) is 1. The molecule has 2 fully saturated rings. The van der Waals surface area contributed by atoms with Crippen molar-refractivity contribution in [3.8, 4) is 17.2 Å². The number of aryl methyl sites for hydroxylation is 1. The van der Waals surface area contributed by atoms with E-state index in [1.807, 2.05) is 69.3 Å². The molecule has 0 amide bonds. The van der Waals surface area contributed by atoms with Gasteiger partial charge < -0.3 is 19.3 Å². The SMILES string of the molecule is CC1(O)CCCN(CCOc2ccccc2Cl)C1.CC1(Oc2cccc(C(F)(F)F)c2)CCCN(CCOc2ccccc2Cl)C1.Cc1cccc(F)c1. The number of hydrogen-bond acceptors (Lipinski definition) is 6. The van der Waals surface area contributed by atoms with Crippen LogP contribution in [0.1, 0.15) is 50.7 Å². The van der Waals surface area contributed by atoms with Gasteiger partial charge in [0, 0.05) is 26.2 Å². The molecule has 0 spiro atoms. The smallest absolute Gasteiger partial charge is 0.416 e. The van der Waals surface area contributed by atoms with Crippen LogP contribution in [0.25, 0.3) is 0 Å². The zero-order chi connectivity index (χ0) is 39.2. The zero-order valence-corrected chi connectivity index (χ0v) is 32.6. The first-order chi connectivity index (χ1) is 25.6. The number of benzene rings is 4. The van der Waals surface area contributed by atoms with E-state index in [0.717, 1.165) is 75.3 Å². The van der Waals surface area contributed by atoms with Crippen molar-refractivity contribution in [2.24, 2.45) is 0 Å². The molecule has 294 valence electrons. The van der Waals surface area contributed by atoms with Crippen LogP contribution in [0.2, 0.25) is 10.0 Å². The number of halogens is 6. The average Bonchev–Trinajstić information content (AvgIpc) is 3.10. The highest BCUT2D eigenvalue weighted by Gasteiger charge is 2.35. The number of para-hydroxylation sites is 2. The lowest BCUT2D eigenvalue weighted by molar-refractivity contribution is -0.137. The van der Waals surface area contributed by atoms with Gasteiger partial charge in [0.25, 0.3) is 0 Å². The van der Waals surface area contributed by atoms with Crippen molar-refractivity contribution in [2.75, 3.05) is 52.5 Å². The van der Waals surface area contributed by atoms with Gasteiger partial charge in [-0.15, -0.1) is 0 Å². The molecule has 4 aromatic carbocycles. The maximum atomic E-state index is 12.9. The van der Waals surface area contributed by atoms with Crippen molar-refractivity contribution in [1.29, 1.82) is 0 Å². The van der Waals surface area contributed by atoms with Crippen LogP contribution in [0.3, 0.4) is 0 Å². The first-order valence-electron chi connectivity index (χ1n) is 18.1. The van der Waals surface area contributed by atoms with Gasteiger partial charge >= 0.3 is 6.18 Å². The Labute approximate surface area is 326 Å².